The van der Waals surface area contributed by atoms with Gasteiger partial charge in [0, 0.05) is 19.3 Å². The second-order valence-corrected chi connectivity index (χ2v) is 12.7. The first-order valence-corrected chi connectivity index (χ1v) is 17.5. The van der Waals surface area contributed by atoms with Gasteiger partial charge < -0.3 is 28.6 Å². The number of carbonyl (C=O) groups excluding carboxylic acids is 3. The molecule has 0 amide bonds. The Morgan fingerprint density at radius 3 is 1.82 bits per heavy atom. The fourth-order valence-electron chi connectivity index (χ4n) is 4.80. The molecule has 0 aliphatic rings. The molecule has 2 atom stereocenters. The van der Waals surface area contributed by atoms with E-state index in [1.807, 2.05) is 0 Å². The minimum atomic E-state index is -1.14. The molecule has 260 valence electrons. The van der Waals surface area contributed by atoms with Crippen molar-refractivity contribution in [1.82, 2.24) is 0 Å². The molecule has 0 rings (SSSR count). The van der Waals surface area contributed by atoms with Crippen molar-refractivity contribution in [2.45, 2.75) is 142 Å². The summed E-state index contributed by atoms with van der Waals surface area (Å²) in [4.78, 5) is 36.4. The number of likely N-dealkylation sites (N-methyl/N-ethyl adjacent to an activating group) is 1. The highest BCUT2D eigenvalue weighted by molar-refractivity contribution is 5.70. The van der Waals surface area contributed by atoms with Gasteiger partial charge in [0.1, 0.15) is 12.6 Å². The molecule has 0 heterocycles. The number of quaternary nitrogens is 1. The van der Waals surface area contributed by atoms with Crippen molar-refractivity contribution in [3.05, 3.63) is 36.5 Å². The molecular weight excluding hydrogens is 570 g/mol. The Balaban J connectivity index is 4.56. The van der Waals surface area contributed by atoms with Crippen molar-refractivity contribution < 1.29 is 38.2 Å². The number of nitrogens with zero attached hydrogens (tertiary/aromatic N) is 1. The second-order valence-electron chi connectivity index (χ2n) is 12.7. The smallest absolute Gasteiger partial charge is 0.306 e. The number of hydrogen-bond acceptors (Lipinski definition) is 7. The first-order chi connectivity index (χ1) is 21.6. The van der Waals surface area contributed by atoms with Gasteiger partial charge >= 0.3 is 11.9 Å². The lowest BCUT2D eigenvalue weighted by molar-refractivity contribution is -0.889. The average Bonchev–Trinajstić information content (AvgIpc) is 2.98. The highest BCUT2D eigenvalue weighted by atomic mass is 16.6. The van der Waals surface area contributed by atoms with Crippen molar-refractivity contribution in [3.63, 3.8) is 0 Å². The fraction of sp³-hybridized carbons (Fsp3) is 0.757. The van der Waals surface area contributed by atoms with E-state index < -0.39 is 18.1 Å². The van der Waals surface area contributed by atoms with Crippen LogP contribution in [0.5, 0.6) is 0 Å². The topological polar surface area (TPSA) is 102 Å². The molecule has 0 N–H and O–H groups in total. The van der Waals surface area contributed by atoms with Gasteiger partial charge in [0.2, 0.25) is 0 Å². The molecule has 0 saturated heterocycles. The zero-order valence-corrected chi connectivity index (χ0v) is 29.3. The Hall–Kier alpha value is -2.45. The van der Waals surface area contributed by atoms with Crippen LogP contribution in [0.2, 0.25) is 0 Å². The predicted octanol–water partition coefficient (Wildman–Crippen LogP) is 7.01. The van der Waals surface area contributed by atoms with Gasteiger partial charge in [0.15, 0.2) is 6.10 Å². The number of esters is 2. The number of carboxylic acids is 1. The minimum absolute atomic E-state index is 0.0217. The summed E-state index contributed by atoms with van der Waals surface area (Å²) in [6, 6.07) is -0.730. The number of hydrogen-bond donors (Lipinski definition) is 0. The molecule has 0 fully saturated rings. The zero-order chi connectivity index (χ0) is 33.6. The van der Waals surface area contributed by atoms with Crippen LogP contribution in [0.1, 0.15) is 129 Å². The Morgan fingerprint density at radius 2 is 1.24 bits per heavy atom. The third-order valence-corrected chi connectivity index (χ3v) is 7.54. The minimum Gasteiger partial charge on any atom is -0.544 e. The lowest BCUT2D eigenvalue weighted by Crippen LogP contribution is -2.55. The summed E-state index contributed by atoms with van der Waals surface area (Å²) in [5.41, 5.74) is 0. The number of carbonyl (C=O) groups is 3. The van der Waals surface area contributed by atoms with E-state index in [-0.39, 0.29) is 49.1 Å². The van der Waals surface area contributed by atoms with Crippen molar-refractivity contribution in [2.24, 2.45) is 0 Å². The van der Waals surface area contributed by atoms with Crippen LogP contribution in [0.15, 0.2) is 36.5 Å². The molecule has 0 aromatic carbocycles. The number of rotatable bonds is 30. The Bertz CT molecular complexity index is 844. The Labute approximate surface area is 274 Å². The third-order valence-electron chi connectivity index (χ3n) is 7.54. The van der Waals surface area contributed by atoms with E-state index >= 15 is 0 Å². The van der Waals surface area contributed by atoms with Crippen molar-refractivity contribution in [2.75, 3.05) is 41.0 Å². The zero-order valence-electron chi connectivity index (χ0n) is 29.3. The van der Waals surface area contributed by atoms with Crippen LogP contribution in [-0.4, -0.2) is 75.5 Å². The van der Waals surface area contributed by atoms with E-state index in [4.69, 9.17) is 14.2 Å². The summed E-state index contributed by atoms with van der Waals surface area (Å²) < 4.78 is 17.0. The Morgan fingerprint density at radius 1 is 0.689 bits per heavy atom. The monoisotopic (exact) mass is 635 g/mol. The van der Waals surface area contributed by atoms with Gasteiger partial charge in [-0.05, 0) is 38.5 Å². The van der Waals surface area contributed by atoms with Gasteiger partial charge in [-0.3, -0.25) is 9.59 Å². The maximum atomic E-state index is 12.5. The summed E-state index contributed by atoms with van der Waals surface area (Å²) in [5, 5.41) is 11.5. The quantitative estimate of drug-likeness (QED) is 0.0362. The number of allylic oxidation sites excluding steroid dienone is 6. The number of aliphatic carboxylic acids is 1. The van der Waals surface area contributed by atoms with Gasteiger partial charge in [-0.2, -0.15) is 0 Å². The standard InChI is InChI=1S/C37H65NO7/c1-6-8-10-12-14-16-18-20-22-24-26-28-36(40)45-33(31-43-30-29-34(37(41)42)38(3,4)5)32-44-35(39)27-25-23-21-19-17-15-13-11-9-7-2/h8,10,14,16,20,22,33-34H,6-7,9,11-13,15,17-19,21,23-32H2,1-5H3/b10-8+,16-14+,22-20+. The number of ether oxygens (including phenoxy) is 3. The molecule has 0 saturated carbocycles. The molecule has 8 nitrogen and oxygen atoms in total. The molecule has 0 radical (unpaired) electrons. The molecule has 2 unspecified atom stereocenters. The van der Waals surface area contributed by atoms with Crippen molar-refractivity contribution >= 4 is 17.9 Å². The van der Waals surface area contributed by atoms with Crippen LogP contribution >= 0.6 is 0 Å². The summed E-state index contributed by atoms with van der Waals surface area (Å²) in [5.74, 6) is -1.81. The molecule has 0 bridgehead atoms. The van der Waals surface area contributed by atoms with Crippen molar-refractivity contribution in [1.29, 1.82) is 0 Å². The van der Waals surface area contributed by atoms with Gasteiger partial charge in [-0.15, -0.1) is 0 Å². The molecule has 0 aliphatic carbocycles. The molecule has 0 aromatic rings. The summed E-state index contributed by atoms with van der Waals surface area (Å²) >= 11 is 0. The van der Waals surface area contributed by atoms with Gasteiger partial charge in [0.25, 0.3) is 0 Å². The van der Waals surface area contributed by atoms with E-state index in [1.54, 1.807) is 21.1 Å². The molecule has 0 spiro atoms. The van der Waals surface area contributed by atoms with Gasteiger partial charge in [-0.1, -0.05) is 108 Å². The second kappa shape index (κ2) is 29.0. The predicted molar refractivity (Wildman–Crippen MR) is 180 cm³/mol. The van der Waals surface area contributed by atoms with Crippen LogP contribution in [-0.2, 0) is 28.6 Å². The summed E-state index contributed by atoms with van der Waals surface area (Å²) in [7, 11) is 5.37. The van der Waals surface area contributed by atoms with Crippen LogP contribution in [0.3, 0.4) is 0 Å². The maximum absolute atomic E-state index is 12.5. The number of carboxylic acid groups (broad SMARTS) is 1. The van der Waals surface area contributed by atoms with E-state index in [1.165, 1.54) is 44.9 Å². The van der Waals surface area contributed by atoms with E-state index in [2.05, 4.69) is 50.3 Å². The third kappa shape index (κ3) is 27.6. The van der Waals surface area contributed by atoms with Crippen LogP contribution in [0, 0.1) is 0 Å². The maximum Gasteiger partial charge on any atom is 0.306 e. The molecular formula is C37H65NO7. The largest absolute Gasteiger partial charge is 0.544 e. The highest BCUT2D eigenvalue weighted by Gasteiger charge is 2.25. The summed E-state index contributed by atoms with van der Waals surface area (Å²) in [6.07, 6.45) is 29.0. The number of unbranched alkanes of at least 4 members (excludes halogenated alkanes) is 10. The molecule has 45 heavy (non-hydrogen) atoms. The lowest BCUT2D eigenvalue weighted by Gasteiger charge is -2.34. The van der Waals surface area contributed by atoms with E-state index in [0.717, 1.165) is 44.9 Å². The SMILES string of the molecule is CC/C=C/C/C=C/C/C=C/CCCC(=O)OC(COCCC(C(=O)[O-])[N+](C)(C)C)COC(=O)CCCCCCCCCCCC. The molecule has 0 aromatic heterocycles. The molecule has 8 heteroatoms. The molecule has 0 aliphatic heterocycles. The highest BCUT2D eigenvalue weighted by Crippen LogP contribution is 2.12. The van der Waals surface area contributed by atoms with Gasteiger partial charge in [0.05, 0.1) is 40.3 Å². The van der Waals surface area contributed by atoms with Crippen LogP contribution in [0.25, 0.3) is 0 Å². The lowest BCUT2D eigenvalue weighted by atomic mass is 10.1. The normalized spacial score (nSPS) is 13.5. The van der Waals surface area contributed by atoms with E-state index in [9.17, 15) is 19.5 Å². The van der Waals surface area contributed by atoms with Crippen LogP contribution in [0.4, 0.5) is 0 Å². The van der Waals surface area contributed by atoms with E-state index in [0.29, 0.717) is 12.8 Å². The van der Waals surface area contributed by atoms with Gasteiger partial charge in [-0.25, -0.2) is 0 Å². The van der Waals surface area contributed by atoms with Crippen molar-refractivity contribution in [3.8, 4) is 0 Å². The van der Waals surface area contributed by atoms with Crippen LogP contribution < -0.4 is 5.11 Å². The summed E-state index contributed by atoms with van der Waals surface area (Å²) in [6.45, 7) is 4.44. The first-order valence-electron chi connectivity index (χ1n) is 17.5. The fourth-order valence-corrected chi connectivity index (χ4v) is 4.80. The Kier molecular flexibility index (Phi) is 27.4. The first kappa shape index (κ1) is 42.6. The average molecular weight is 636 g/mol.